The van der Waals surface area contributed by atoms with Crippen LogP contribution in [0.25, 0.3) is 0 Å². The molecule has 0 bridgehead atoms. The van der Waals surface area contributed by atoms with Gasteiger partial charge in [0.2, 0.25) is 0 Å². The van der Waals surface area contributed by atoms with Crippen LogP contribution in [0, 0.1) is 0 Å². The van der Waals surface area contributed by atoms with Crippen molar-refractivity contribution in [1.82, 2.24) is 4.31 Å². The van der Waals surface area contributed by atoms with Crippen molar-refractivity contribution in [1.29, 1.82) is 0 Å². The van der Waals surface area contributed by atoms with Crippen LogP contribution in [0.4, 0.5) is 0 Å². The average molecular weight is 269 g/mol. The van der Waals surface area contributed by atoms with Crippen LogP contribution < -0.4 is 0 Å². The fourth-order valence-electron chi connectivity index (χ4n) is 1.97. The molecule has 0 aliphatic carbocycles. The number of nitrogens with zero attached hydrogens (tertiary/aromatic N) is 1. The minimum Gasteiger partial charge on any atom is -0.481 e. The van der Waals surface area contributed by atoms with Crippen molar-refractivity contribution in [2.24, 2.45) is 0 Å². The standard InChI is InChI=1S/C11H11NO5S/c1-7(6-10(13)14)12-11(15)8-4-2-3-5-9(8)18(12,16)17/h2-5,7H,6H2,1H3,(H,13,14). The van der Waals surface area contributed by atoms with Gasteiger partial charge in [-0.1, -0.05) is 12.1 Å². The van der Waals surface area contributed by atoms with E-state index in [1.165, 1.54) is 25.1 Å². The monoisotopic (exact) mass is 269 g/mol. The zero-order chi connectivity index (χ0) is 13.5. The van der Waals surface area contributed by atoms with E-state index in [1.54, 1.807) is 6.07 Å². The highest BCUT2D eigenvalue weighted by Crippen LogP contribution is 2.32. The van der Waals surface area contributed by atoms with Gasteiger partial charge in [0, 0.05) is 0 Å². The number of hydrogen-bond donors (Lipinski definition) is 1. The molecule has 2 rings (SSSR count). The molecule has 1 atom stereocenters. The third-order valence-electron chi connectivity index (χ3n) is 2.72. The van der Waals surface area contributed by atoms with Crippen LogP contribution in [-0.2, 0) is 14.8 Å². The quantitative estimate of drug-likeness (QED) is 0.871. The van der Waals surface area contributed by atoms with Crippen LogP contribution in [0.3, 0.4) is 0 Å². The van der Waals surface area contributed by atoms with E-state index < -0.39 is 34.4 Å². The molecule has 96 valence electrons. The van der Waals surface area contributed by atoms with E-state index in [0.29, 0.717) is 4.31 Å². The number of fused-ring (bicyclic) bond motifs is 1. The van der Waals surface area contributed by atoms with Crippen molar-refractivity contribution in [3.63, 3.8) is 0 Å². The van der Waals surface area contributed by atoms with Gasteiger partial charge in [-0.05, 0) is 19.1 Å². The molecule has 7 heteroatoms. The van der Waals surface area contributed by atoms with E-state index in [-0.39, 0.29) is 10.5 Å². The Kier molecular flexibility index (Phi) is 2.86. The minimum absolute atomic E-state index is 0.0627. The highest BCUT2D eigenvalue weighted by molar-refractivity contribution is 7.90. The zero-order valence-corrected chi connectivity index (χ0v) is 10.3. The summed E-state index contributed by atoms with van der Waals surface area (Å²) in [7, 11) is -3.92. The number of benzene rings is 1. The number of carbonyl (C=O) groups is 2. The molecule has 1 aromatic carbocycles. The lowest BCUT2D eigenvalue weighted by Gasteiger charge is -2.21. The maximum Gasteiger partial charge on any atom is 0.305 e. The Morgan fingerprint density at radius 1 is 1.39 bits per heavy atom. The Labute approximate surface area is 104 Å². The van der Waals surface area contributed by atoms with Gasteiger partial charge < -0.3 is 5.11 Å². The van der Waals surface area contributed by atoms with Gasteiger partial charge in [0.05, 0.1) is 18.0 Å². The summed E-state index contributed by atoms with van der Waals surface area (Å²) in [6.07, 6.45) is -0.418. The third-order valence-corrected chi connectivity index (χ3v) is 4.68. The van der Waals surface area contributed by atoms with Gasteiger partial charge >= 0.3 is 5.97 Å². The summed E-state index contributed by atoms with van der Waals surface area (Å²) in [5, 5.41) is 8.68. The van der Waals surface area contributed by atoms with Crippen LogP contribution in [0.5, 0.6) is 0 Å². The lowest BCUT2D eigenvalue weighted by molar-refractivity contribution is -0.137. The minimum atomic E-state index is -3.92. The second kappa shape index (κ2) is 4.09. The summed E-state index contributed by atoms with van der Waals surface area (Å²) in [6, 6.07) is 4.94. The van der Waals surface area contributed by atoms with Crippen LogP contribution in [-0.4, -0.2) is 35.7 Å². The van der Waals surface area contributed by atoms with Crippen molar-refractivity contribution in [3.8, 4) is 0 Å². The fourth-order valence-corrected chi connectivity index (χ4v) is 3.74. The first-order chi connectivity index (χ1) is 8.35. The Hall–Kier alpha value is -1.89. The molecule has 1 aliphatic rings. The van der Waals surface area contributed by atoms with E-state index in [1.807, 2.05) is 0 Å². The van der Waals surface area contributed by atoms with Gasteiger partial charge in [0.25, 0.3) is 15.9 Å². The Morgan fingerprint density at radius 2 is 2.00 bits per heavy atom. The molecule has 0 radical (unpaired) electrons. The SMILES string of the molecule is CC(CC(=O)O)N1C(=O)c2ccccc2S1(=O)=O. The molecular formula is C11H11NO5S. The van der Waals surface area contributed by atoms with Crippen molar-refractivity contribution in [2.45, 2.75) is 24.3 Å². The maximum atomic E-state index is 12.1. The van der Waals surface area contributed by atoms with E-state index in [2.05, 4.69) is 0 Å². The summed E-state index contributed by atoms with van der Waals surface area (Å²) >= 11 is 0. The lowest BCUT2D eigenvalue weighted by Crippen LogP contribution is -2.39. The topological polar surface area (TPSA) is 91.8 Å². The number of hydrogen-bond acceptors (Lipinski definition) is 4. The molecule has 1 aromatic rings. The highest BCUT2D eigenvalue weighted by atomic mass is 32.2. The summed E-state index contributed by atoms with van der Waals surface area (Å²) in [5.74, 6) is -1.82. The number of aliphatic carboxylic acids is 1. The largest absolute Gasteiger partial charge is 0.481 e. The molecule has 1 aliphatic heterocycles. The average Bonchev–Trinajstić information content (AvgIpc) is 2.47. The molecule has 1 amide bonds. The third kappa shape index (κ3) is 1.76. The van der Waals surface area contributed by atoms with Gasteiger partial charge in [0.1, 0.15) is 4.90 Å². The van der Waals surface area contributed by atoms with E-state index >= 15 is 0 Å². The van der Waals surface area contributed by atoms with Gasteiger partial charge in [-0.15, -0.1) is 0 Å². The molecule has 18 heavy (non-hydrogen) atoms. The number of carboxylic acids is 1. The molecule has 0 saturated carbocycles. The van der Waals surface area contributed by atoms with Crippen LogP contribution in [0.15, 0.2) is 29.2 Å². The number of carboxylic acid groups (broad SMARTS) is 1. The number of rotatable bonds is 3. The Bertz CT molecular complexity index is 622. The highest BCUT2D eigenvalue weighted by Gasteiger charge is 2.43. The second-order valence-corrected chi connectivity index (χ2v) is 5.83. The van der Waals surface area contributed by atoms with Gasteiger partial charge in [-0.3, -0.25) is 9.59 Å². The smallest absolute Gasteiger partial charge is 0.305 e. The summed E-state index contributed by atoms with van der Waals surface area (Å²) < 4.78 is 24.9. The van der Waals surface area contributed by atoms with Gasteiger partial charge in [0.15, 0.2) is 0 Å². The Morgan fingerprint density at radius 3 is 2.56 bits per heavy atom. The molecule has 1 unspecified atom stereocenters. The summed E-state index contributed by atoms with van der Waals surface area (Å²) in [4.78, 5) is 22.6. The summed E-state index contributed by atoms with van der Waals surface area (Å²) in [6.45, 7) is 1.40. The van der Waals surface area contributed by atoms with E-state index in [9.17, 15) is 18.0 Å². The molecule has 0 fully saturated rings. The second-order valence-electron chi connectivity index (χ2n) is 4.05. The molecule has 0 spiro atoms. The number of sulfonamides is 1. The molecule has 1 N–H and O–H groups in total. The van der Waals surface area contributed by atoms with Crippen molar-refractivity contribution in [3.05, 3.63) is 29.8 Å². The van der Waals surface area contributed by atoms with E-state index in [4.69, 9.17) is 5.11 Å². The predicted octanol–water partition coefficient (Wildman–Crippen LogP) is 0.694. The molecule has 6 nitrogen and oxygen atoms in total. The normalized spacial score (nSPS) is 18.5. The first kappa shape index (κ1) is 12.6. The number of amides is 1. The first-order valence-electron chi connectivity index (χ1n) is 5.25. The maximum absolute atomic E-state index is 12.1. The van der Waals surface area contributed by atoms with Crippen molar-refractivity contribution >= 4 is 21.9 Å². The number of carbonyl (C=O) groups excluding carboxylic acids is 1. The van der Waals surface area contributed by atoms with E-state index in [0.717, 1.165) is 0 Å². The van der Waals surface area contributed by atoms with Gasteiger partial charge in [-0.2, -0.15) is 0 Å². The van der Waals surface area contributed by atoms with Crippen LogP contribution in [0.1, 0.15) is 23.7 Å². The van der Waals surface area contributed by atoms with Crippen molar-refractivity contribution in [2.75, 3.05) is 0 Å². The van der Waals surface area contributed by atoms with Crippen LogP contribution in [0.2, 0.25) is 0 Å². The molecular weight excluding hydrogens is 258 g/mol. The van der Waals surface area contributed by atoms with Gasteiger partial charge in [-0.25, -0.2) is 12.7 Å². The fraction of sp³-hybridized carbons (Fsp3) is 0.273. The Balaban J connectivity index is 2.48. The zero-order valence-electron chi connectivity index (χ0n) is 9.53. The molecule has 0 aromatic heterocycles. The lowest BCUT2D eigenvalue weighted by atomic mass is 10.2. The molecule has 0 saturated heterocycles. The first-order valence-corrected chi connectivity index (χ1v) is 6.69. The molecule has 1 heterocycles. The summed E-state index contributed by atoms with van der Waals surface area (Å²) in [5.41, 5.74) is 0.0924. The predicted molar refractivity (Wildman–Crippen MR) is 61.5 cm³/mol. The van der Waals surface area contributed by atoms with Crippen LogP contribution >= 0.6 is 0 Å². The van der Waals surface area contributed by atoms with Crippen molar-refractivity contribution < 1.29 is 23.1 Å².